The molecule has 0 radical (unpaired) electrons. The van der Waals surface area contributed by atoms with Gasteiger partial charge in [-0.2, -0.15) is 0 Å². The highest BCUT2D eigenvalue weighted by Gasteiger charge is 2.23. The molecule has 2 rings (SSSR count). The Morgan fingerprint density at radius 1 is 1.48 bits per heavy atom. The Kier molecular flexibility index (Phi) is 4.94. The van der Waals surface area contributed by atoms with Gasteiger partial charge in [0, 0.05) is 18.3 Å². The van der Waals surface area contributed by atoms with Gasteiger partial charge in [-0.3, -0.25) is 0 Å². The normalized spacial score (nSPS) is 18.7. The summed E-state index contributed by atoms with van der Waals surface area (Å²) < 4.78 is 5.30. The number of hydrogen-bond acceptors (Lipinski definition) is 3. The first-order valence-electron chi connectivity index (χ1n) is 6.72. The number of urea groups is 1. The second-order valence-corrected chi connectivity index (χ2v) is 4.84. The number of aliphatic carboxylic acids is 1. The molecule has 6 nitrogen and oxygen atoms in total. The van der Waals surface area contributed by atoms with Gasteiger partial charge in [0.1, 0.15) is 0 Å². The fraction of sp³-hybridized carbons (Fsp3) is 0.333. The maximum atomic E-state index is 12.2. The van der Waals surface area contributed by atoms with Gasteiger partial charge < -0.3 is 20.1 Å². The topological polar surface area (TPSA) is 78.9 Å². The van der Waals surface area contributed by atoms with E-state index in [1.165, 1.54) is 6.08 Å². The standard InChI is InChI=1S/C15H18N2O4/c1-11-10-21-8-7-17(11)15(20)16-13-4-2-3-12(9-13)5-6-14(18)19/h2-6,9,11H,7-8,10H2,1H3,(H,16,20)(H,18,19)/b6-5+. The first kappa shape index (κ1) is 15.1. The molecule has 1 saturated heterocycles. The zero-order valence-electron chi connectivity index (χ0n) is 11.8. The molecule has 0 saturated carbocycles. The van der Waals surface area contributed by atoms with Gasteiger partial charge >= 0.3 is 12.0 Å². The molecule has 0 aliphatic carbocycles. The molecule has 1 aliphatic heterocycles. The number of nitrogens with one attached hydrogen (secondary N) is 1. The van der Waals surface area contributed by atoms with Crippen molar-refractivity contribution < 1.29 is 19.4 Å². The molecule has 2 N–H and O–H groups in total. The fourth-order valence-corrected chi connectivity index (χ4v) is 2.11. The highest BCUT2D eigenvalue weighted by Crippen LogP contribution is 2.14. The molecule has 1 aromatic carbocycles. The van der Waals surface area contributed by atoms with E-state index in [-0.39, 0.29) is 12.1 Å². The predicted octanol–water partition coefficient (Wildman–Crippen LogP) is 2.04. The summed E-state index contributed by atoms with van der Waals surface area (Å²) in [6.45, 7) is 3.57. The first-order chi connectivity index (χ1) is 10.1. The minimum absolute atomic E-state index is 0.0360. The Morgan fingerprint density at radius 3 is 3.00 bits per heavy atom. The van der Waals surface area contributed by atoms with Crippen molar-refractivity contribution in [2.45, 2.75) is 13.0 Å². The second kappa shape index (κ2) is 6.90. The number of morpholine rings is 1. The maximum Gasteiger partial charge on any atom is 0.328 e. The van der Waals surface area contributed by atoms with Crippen LogP contribution >= 0.6 is 0 Å². The van der Waals surface area contributed by atoms with Crippen molar-refractivity contribution in [1.29, 1.82) is 0 Å². The van der Waals surface area contributed by atoms with E-state index in [0.717, 1.165) is 6.08 Å². The Balaban J connectivity index is 2.03. The minimum Gasteiger partial charge on any atom is -0.478 e. The van der Waals surface area contributed by atoms with Crippen LogP contribution in [0.15, 0.2) is 30.3 Å². The van der Waals surface area contributed by atoms with Gasteiger partial charge in [0.2, 0.25) is 0 Å². The number of benzene rings is 1. The van der Waals surface area contributed by atoms with Gasteiger partial charge in [0.25, 0.3) is 0 Å². The predicted molar refractivity (Wildman–Crippen MR) is 79.1 cm³/mol. The molecule has 0 spiro atoms. The third-order valence-corrected chi connectivity index (χ3v) is 3.18. The van der Waals surface area contributed by atoms with Crippen molar-refractivity contribution in [2.24, 2.45) is 0 Å². The number of amides is 2. The Morgan fingerprint density at radius 2 is 2.29 bits per heavy atom. The molecule has 0 bridgehead atoms. The lowest BCUT2D eigenvalue weighted by molar-refractivity contribution is -0.131. The molecule has 1 aliphatic rings. The van der Waals surface area contributed by atoms with Crippen molar-refractivity contribution in [1.82, 2.24) is 4.90 Å². The molecule has 112 valence electrons. The van der Waals surface area contributed by atoms with Crippen LogP contribution < -0.4 is 5.32 Å². The lowest BCUT2D eigenvalue weighted by Crippen LogP contribution is -2.48. The van der Waals surface area contributed by atoms with E-state index >= 15 is 0 Å². The average molecular weight is 290 g/mol. The van der Waals surface area contributed by atoms with Gasteiger partial charge in [0.05, 0.1) is 19.3 Å². The summed E-state index contributed by atoms with van der Waals surface area (Å²) in [5.74, 6) is -1.01. The highest BCUT2D eigenvalue weighted by atomic mass is 16.5. The molecule has 1 atom stereocenters. The number of anilines is 1. The van der Waals surface area contributed by atoms with Crippen molar-refractivity contribution in [2.75, 3.05) is 25.1 Å². The summed E-state index contributed by atoms with van der Waals surface area (Å²) in [5.41, 5.74) is 1.34. The van der Waals surface area contributed by atoms with Crippen LogP contribution in [-0.2, 0) is 9.53 Å². The third kappa shape index (κ3) is 4.32. The van der Waals surface area contributed by atoms with Crippen molar-refractivity contribution >= 4 is 23.8 Å². The molecule has 0 aromatic heterocycles. The molecule has 21 heavy (non-hydrogen) atoms. The molecule has 6 heteroatoms. The number of carboxylic acids is 1. The summed E-state index contributed by atoms with van der Waals surface area (Å²) in [6, 6.07) is 6.88. The van der Waals surface area contributed by atoms with Gasteiger partial charge in [-0.05, 0) is 30.7 Å². The minimum atomic E-state index is -1.01. The van der Waals surface area contributed by atoms with E-state index in [4.69, 9.17) is 9.84 Å². The number of hydrogen-bond donors (Lipinski definition) is 2. The smallest absolute Gasteiger partial charge is 0.328 e. The number of rotatable bonds is 3. The number of carbonyl (C=O) groups excluding carboxylic acids is 1. The summed E-state index contributed by atoms with van der Waals surface area (Å²) >= 11 is 0. The highest BCUT2D eigenvalue weighted by molar-refractivity contribution is 5.90. The van der Waals surface area contributed by atoms with E-state index in [2.05, 4.69) is 5.32 Å². The van der Waals surface area contributed by atoms with Gasteiger partial charge in [-0.1, -0.05) is 12.1 Å². The zero-order valence-corrected chi connectivity index (χ0v) is 11.8. The second-order valence-electron chi connectivity index (χ2n) is 4.84. The van der Waals surface area contributed by atoms with E-state index in [9.17, 15) is 9.59 Å². The van der Waals surface area contributed by atoms with E-state index in [1.807, 2.05) is 6.92 Å². The maximum absolute atomic E-state index is 12.2. The van der Waals surface area contributed by atoms with Gasteiger partial charge in [0.15, 0.2) is 0 Å². The zero-order chi connectivity index (χ0) is 15.2. The lowest BCUT2D eigenvalue weighted by Gasteiger charge is -2.33. The van der Waals surface area contributed by atoms with Crippen molar-refractivity contribution in [3.63, 3.8) is 0 Å². The van der Waals surface area contributed by atoms with Crippen LogP contribution in [0.5, 0.6) is 0 Å². The monoisotopic (exact) mass is 290 g/mol. The summed E-state index contributed by atoms with van der Waals surface area (Å²) in [4.78, 5) is 24.4. The van der Waals surface area contributed by atoms with Crippen LogP contribution in [0.2, 0.25) is 0 Å². The van der Waals surface area contributed by atoms with Crippen LogP contribution in [0, 0.1) is 0 Å². The van der Waals surface area contributed by atoms with E-state index in [0.29, 0.717) is 31.0 Å². The molecule has 1 unspecified atom stereocenters. The van der Waals surface area contributed by atoms with Crippen LogP contribution in [0.25, 0.3) is 6.08 Å². The van der Waals surface area contributed by atoms with Crippen LogP contribution in [0.1, 0.15) is 12.5 Å². The molecule has 1 aromatic rings. The lowest BCUT2D eigenvalue weighted by atomic mass is 10.2. The largest absolute Gasteiger partial charge is 0.478 e. The molecular weight excluding hydrogens is 272 g/mol. The third-order valence-electron chi connectivity index (χ3n) is 3.18. The number of carboxylic acid groups (broad SMARTS) is 1. The van der Waals surface area contributed by atoms with Gasteiger partial charge in [-0.15, -0.1) is 0 Å². The summed E-state index contributed by atoms with van der Waals surface area (Å²) in [6.07, 6.45) is 2.54. The Labute approximate surface area is 123 Å². The van der Waals surface area contributed by atoms with Gasteiger partial charge in [-0.25, -0.2) is 9.59 Å². The van der Waals surface area contributed by atoms with E-state index in [1.54, 1.807) is 29.2 Å². The summed E-state index contributed by atoms with van der Waals surface area (Å²) in [5, 5.41) is 11.4. The van der Waals surface area contributed by atoms with Crippen LogP contribution in [-0.4, -0.2) is 47.8 Å². The molecule has 2 amide bonds. The van der Waals surface area contributed by atoms with Crippen molar-refractivity contribution in [3.8, 4) is 0 Å². The molecule has 1 fully saturated rings. The quantitative estimate of drug-likeness (QED) is 0.835. The van der Waals surface area contributed by atoms with E-state index < -0.39 is 5.97 Å². The SMILES string of the molecule is CC1COCCN1C(=O)Nc1cccc(/C=C/C(=O)O)c1. The van der Waals surface area contributed by atoms with Crippen LogP contribution in [0.3, 0.4) is 0 Å². The molecular formula is C15H18N2O4. The summed E-state index contributed by atoms with van der Waals surface area (Å²) in [7, 11) is 0. The number of ether oxygens (including phenoxy) is 1. The van der Waals surface area contributed by atoms with Crippen molar-refractivity contribution in [3.05, 3.63) is 35.9 Å². The Hall–Kier alpha value is -2.34. The fourth-order valence-electron chi connectivity index (χ4n) is 2.11. The first-order valence-corrected chi connectivity index (χ1v) is 6.72. The average Bonchev–Trinajstić information content (AvgIpc) is 2.46. The number of nitrogens with zero attached hydrogens (tertiary/aromatic N) is 1. The van der Waals surface area contributed by atoms with Crippen LogP contribution in [0.4, 0.5) is 10.5 Å². The molecule has 1 heterocycles. The Bertz CT molecular complexity index is 556. The number of carbonyl (C=O) groups is 2.